The van der Waals surface area contributed by atoms with Gasteiger partial charge in [-0.2, -0.15) is 0 Å². The SMILES string of the molecule is CSc1ccccc1C(=O)Nc1ccccn1. The lowest BCUT2D eigenvalue weighted by molar-refractivity contribution is 0.102. The maximum Gasteiger partial charge on any atom is 0.257 e. The van der Waals surface area contributed by atoms with Crippen LogP contribution in [0.5, 0.6) is 0 Å². The number of thioether (sulfide) groups is 1. The van der Waals surface area contributed by atoms with Crippen LogP contribution in [0, 0.1) is 0 Å². The van der Waals surface area contributed by atoms with Gasteiger partial charge in [-0.15, -0.1) is 11.8 Å². The van der Waals surface area contributed by atoms with Crippen LogP contribution in [-0.2, 0) is 0 Å². The number of carbonyl (C=O) groups is 1. The van der Waals surface area contributed by atoms with Crippen LogP contribution in [-0.4, -0.2) is 17.1 Å². The summed E-state index contributed by atoms with van der Waals surface area (Å²) in [6.07, 6.45) is 3.60. The smallest absolute Gasteiger partial charge is 0.257 e. The summed E-state index contributed by atoms with van der Waals surface area (Å²) in [6.45, 7) is 0. The zero-order chi connectivity index (χ0) is 12.1. The summed E-state index contributed by atoms with van der Waals surface area (Å²) in [5, 5.41) is 2.77. The van der Waals surface area contributed by atoms with Gasteiger partial charge in [-0.1, -0.05) is 18.2 Å². The molecule has 0 unspecified atom stereocenters. The Morgan fingerprint density at radius 1 is 1.18 bits per heavy atom. The van der Waals surface area contributed by atoms with Crippen molar-refractivity contribution in [3.63, 3.8) is 0 Å². The Labute approximate surface area is 104 Å². The summed E-state index contributed by atoms with van der Waals surface area (Å²) in [7, 11) is 0. The average Bonchev–Trinajstić information content (AvgIpc) is 2.40. The first-order chi connectivity index (χ1) is 8.31. The first kappa shape index (κ1) is 11.7. The van der Waals surface area contributed by atoms with E-state index in [1.54, 1.807) is 24.0 Å². The third-order valence-electron chi connectivity index (χ3n) is 2.26. The second-order valence-electron chi connectivity index (χ2n) is 3.37. The van der Waals surface area contributed by atoms with Gasteiger partial charge in [-0.25, -0.2) is 4.98 Å². The van der Waals surface area contributed by atoms with Gasteiger partial charge in [0.1, 0.15) is 5.82 Å². The lowest BCUT2D eigenvalue weighted by Gasteiger charge is -2.07. The van der Waals surface area contributed by atoms with Crippen LogP contribution in [0.1, 0.15) is 10.4 Å². The van der Waals surface area contributed by atoms with Crippen molar-refractivity contribution in [3.05, 3.63) is 54.2 Å². The third-order valence-corrected chi connectivity index (χ3v) is 3.05. The Morgan fingerprint density at radius 3 is 2.65 bits per heavy atom. The Kier molecular flexibility index (Phi) is 3.77. The number of hydrogen-bond acceptors (Lipinski definition) is 3. The molecular weight excluding hydrogens is 232 g/mol. The molecule has 2 aromatic rings. The molecule has 0 radical (unpaired) electrons. The minimum Gasteiger partial charge on any atom is -0.307 e. The van der Waals surface area contributed by atoms with Crippen molar-refractivity contribution >= 4 is 23.5 Å². The number of nitrogens with one attached hydrogen (secondary N) is 1. The lowest BCUT2D eigenvalue weighted by Crippen LogP contribution is -2.13. The van der Waals surface area contributed by atoms with E-state index in [-0.39, 0.29) is 5.91 Å². The highest BCUT2D eigenvalue weighted by molar-refractivity contribution is 7.98. The number of aromatic nitrogens is 1. The second kappa shape index (κ2) is 5.50. The van der Waals surface area contributed by atoms with Gasteiger partial charge in [0.2, 0.25) is 0 Å². The standard InChI is InChI=1S/C13H12N2OS/c1-17-11-7-3-2-6-10(11)13(16)15-12-8-4-5-9-14-12/h2-9H,1H3,(H,14,15,16). The van der Waals surface area contributed by atoms with Crippen molar-refractivity contribution in [2.24, 2.45) is 0 Å². The predicted molar refractivity (Wildman–Crippen MR) is 70.4 cm³/mol. The molecule has 0 fully saturated rings. The minimum absolute atomic E-state index is 0.131. The molecule has 0 saturated heterocycles. The van der Waals surface area contributed by atoms with E-state index in [0.717, 1.165) is 4.90 Å². The fourth-order valence-electron chi connectivity index (χ4n) is 1.45. The van der Waals surface area contributed by atoms with Crippen LogP contribution in [0.4, 0.5) is 5.82 Å². The molecule has 0 atom stereocenters. The summed E-state index contributed by atoms with van der Waals surface area (Å²) in [6, 6.07) is 12.9. The molecule has 0 spiro atoms. The number of hydrogen-bond donors (Lipinski definition) is 1. The molecule has 0 aliphatic heterocycles. The Morgan fingerprint density at radius 2 is 1.94 bits per heavy atom. The van der Waals surface area contributed by atoms with E-state index in [2.05, 4.69) is 10.3 Å². The van der Waals surface area contributed by atoms with Gasteiger partial charge in [0.15, 0.2) is 0 Å². The molecule has 1 heterocycles. The maximum absolute atomic E-state index is 12.0. The highest BCUT2D eigenvalue weighted by Gasteiger charge is 2.10. The summed E-state index contributed by atoms with van der Waals surface area (Å²) >= 11 is 1.55. The van der Waals surface area contributed by atoms with E-state index in [4.69, 9.17) is 0 Å². The molecule has 17 heavy (non-hydrogen) atoms. The molecule has 2 rings (SSSR count). The summed E-state index contributed by atoms with van der Waals surface area (Å²) in [5.74, 6) is 0.432. The molecule has 3 nitrogen and oxygen atoms in total. The highest BCUT2D eigenvalue weighted by Crippen LogP contribution is 2.20. The molecule has 1 N–H and O–H groups in total. The summed E-state index contributed by atoms with van der Waals surface area (Å²) in [4.78, 5) is 17.0. The predicted octanol–water partition coefficient (Wildman–Crippen LogP) is 3.06. The number of anilines is 1. The Balaban J connectivity index is 2.20. The second-order valence-corrected chi connectivity index (χ2v) is 4.22. The molecule has 0 aliphatic rings. The normalized spacial score (nSPS) is 9.94. The van der Waals surface area contributed by atoms with Gasteiger partial charge in [0.25, 0.3) is 5.91 Å². The van der Waals surface area contributed by atoms with Crippen molar-refractivity contribution in [2.45, 2.75) is 4.90 Å². The van der Waals surface area contributed by atoms with Gasteiger partial charge < -0.3 is 5.32 Å². The fraction of sp³-hybridized carbons (Fsp3) is 0.0769. The summed E-state index contributed by atoms with van der Waals surface area (Å²) in [5.41, 5.74) is 0.672. The number of pyridine rings is 1. The number of carbonyl (C=O) groups excluding carboxylic acids is 1. The van der Waals surface area contributed by atoms with Crippen LogP contribution < -0.4 is 5.32 Å². The van der Waals surface area contributed by atoms with Crippen LogP contribution in [0.3, 0.4) is 0 Å². The molecular formula is C13H12N2OS. The van der Waals surface area contributed by atoms with E-state index < -0.39 is 0 Å². The summed E-state index contributed by atoms with van der Waals surface area (Å²) < 4.78 is 0. The minimum atomic E-state index is -0.131. The lowest BCUT2D eigenvalue weighted by atomic mass is 10.2. The monoisotopic (exact) mass is 244 g/mol. The van der Waals surface area contributed by atoms with Crippen LogP contribution in [0.25, 0.3) is 0 Å². The van der Waals surface area contributed by atoms with Gasteiger partial charge in [0.05, 0.1) is 5.56 Å². The van der Waals surface area contributed by atoms with E-state index in [0.29, 0.717) is 11.4 Å². The number of nitrogens with zero attached hydrogens (tertiary/aromatic N) is 1. The molecule has 4 heteroatoms. The van der Waals surface area contributed by atoms with E-state index >= 15 is 0 Å². The zero-order valence-corrected chi connectivity index (χ0v) is 10.2. The van der Waals surface area contributed by atoms with Crippen LogP contribution >= 0.6 is 11.8 Å². The van der Waals surface area contributed by atoms with E-state index in [1.165, 1.54) is 0 Å². The average molecular weight is 244 g/mol. The van der Waals surface area contributed by atoms with Gasteiger partial charge in [0, 0.05) is 11.1 Å². The van der Waals surface area contributed by atoms with Crippen molar-refractivity contribution in [3.8, 4) is 0 Å². The molecule has 0 bridgehead atoms. The molecule has 1 amide bonds. The molecule has 1 aromatic heterocycles. The van der Waals surface area contributed by atoms with Gasteiger partial charge in [-0.3, -0.25) is 4.79 Å². The van der Waals surface area contributed by atoms with Gasteiger partial charge >= 0.3 is 0 Å². The van der Waals surface area contributed by atoms with Crippen molar-refractivity contribution < 1.29 is 4.79 Å². The molecule has 86 valence electrons. The largest absolute Gasteiger partial charge is 0.307 e. The van der Waals surface area contributed by atoms with E-state index in [9.17, 15) is 4.79 Å². The van der Waals surface area contributed by atoms with E-state index in [1.807, 2.05) is 42.7 Å². The van der Waals surface area contributed by atoms with Crippen molar-refractivity contribution in [2.75, 3.05) is 11.6 Å². The molecule has 0 saturated carbocycles. The van der Waals surface area contributed by atoms with Crippen molar-refractivity contribution in [1.82, 2.24) is 4.98 Å². The van der Waals surface area contributed by atoms with Crippen molar-refractivity contribution in [1.29, 1.82) is 0 Å². The maximum atomic E-state index is 12.0. The number of rotatable bonds is 3. The number of amides is 1. The molecule has 1 aromatic carbocycles. The highest BCUT2D eigenvalue weighted by atomic mass is 32.2. The molecule has 0 aliphatic carbocycles. The number of benzene rings is 1. The Bertz CT molecular complexity index is 514. The first-order valence-electron chi connectivity index (χ1n) is 5.16. The topological polar surface area (TPSA) is 42.0 Å². The quantitative estimate of drug-likeness (QED) is 0.844. The Hall–Kier alpha value is -1.81. The van der Waals surface area contributed by atoms with Gasteiger partial charge in [-0.05, 0) is 30.5 Å². The third kappa shape index (κ3) is 2.85. The first-order valence-corrected chi connectivity index (χ1v) is 6.39. The fourth-order valence-corrected chi connectivity index (χ4v) is 2.05. The van der Waals surface area contributed by atoms with Crippen LogP contribution in [0.15, 0.2) is 53.6 Å². The van der Waals surface area contributed by atoms with Crippen LogP contribution in [0.2, 0.25) is 0 Å². The zero-order valence-electron chi connectivity index (χ0n) is 9.38.